The molecule has 11 heteroatoms. The summed E-state index contributed by atoms with van der Waals surface area (Å²) in [6.45, 7) is 8.21. The summed E-state index contributed by atoms with van der Waals surface area (Å²) >= 11 is 1.49. The Labute approximate surface area is 216 Å². The maximum atomic E-state index is 13.6. The molecule has 4 atom stereocenters. The number of hydrogen-bond acceptors (Lipinski definition) is 8. The van der Waals surface area contributed by atoms with E-state index in [1.165, 1.54) is 30.4 Å². The fourth-order valence-corrected chi connectivity index (χ4v) is 4.87. The van der Waals surface area contributed by atoms with E-state index in [4.69, 9.17) is 9.31 Å². The van der Waals surface area contributed by atoms with Gasteiger partial charge in [0.2, 0.25) is 5.91 Å². The Morgan fingerprint density at radius 1 is 1.17 bits per heavy atom. The van der Waals surface area contributed by atoms with Crippen LogP contribution in [-0.2, 0) is 25.3 Å². The largest absolute Gasteiger partial charge is 0.551 e. The molecule has 2 amide bonds. The fourth-order valence-electron chi connectivity index (χ4n) is 3.85. The van der Waals surface area contributed by atoms with Gasteiger partial charge in [-0.3, -0.25) is 19.4 Å². The quantitative estimate of drug-likeness (QED) is 0.492. The highest BCUT2D eigenvalue weighted by Gasteiger charge is 2.40. The van der Waals surface area contributed by atoms with Crippen molar-refractivity contribution in [3.63, 3.8) is 0 Å². The van der Waals surface area contributed by atoms with Crippen molar-refractivity contribution in [1.29, 1.82) is 0 Å². The summed E-state index contributed by atoms with van der Waals surface area (Å²) in [4.78, 5) is 46.9. The first-order valence-electron chi connectivity index (χ1n) is 12.1. The van der Waals surface area contributed by atoms with E-state index in [1.807, 2.05) is 51.1 Å². The van der Waals surface area contributed by atoms with E-state index in [0.29, 0.717) is 13.0 Å². The molecule has 3 rings (SSSR count). The van der Waals surface area contributed by atoms with Crippen LogP contribution in [0.3, 0.4) is 0 Å². The van der Waals surface area contributed by atoms with Gasteiger partial charge in [0.15, 0.2) is 0 Å². The van der Waals surface area contributed by atoms with Crippen molar-refractivity contribution in [2.75, 3.05) is 6.61 Å². The minimum Gasteiger partial charge on any atom is -0.507 e. The molecule has 2 aromatic rings. The number of hydrogen-bond donors (Lipinski definition) is 2. The summed E-state index contributed by atoms with van der Waals surface area (Å²) in [6, 6.07) is 8.52. The van der Waals surface area contributed by atoms with Crippen LogP contribution in [0.5, 0.6) is 0 Å². The molecule has 0 spiro atoms. The summed E-state index contributed by atoms with van der Waals surface area (Å²) in [6.07, 6.45) is 5.02. The van der Waals surface area contributed by atoms with Crippen LogP contribution < -0.4 is 10.6 Å². The normalized spacial score (nSPS) is 20.0. The van der Waals surface area contributed by atoms with E-state index in [-0.39, 0.29) is 34.5 Å². The van der Waals surface area contributed by atoms with E-state index in [2.05, 4.69) is 20.6 Å². The molecule has 2 N–H and O–H groups in total. The van der Waals surface area contributed by atoms with Crippen LogP contribution in [0, 0.1) is 5.92 Å². The van der Waals surface area contributed by atoms with Gasteiger partial charge >= 0.3 is 13.1 Å². The number of rotatable bonds is 9. The molecule has 192 valence electrons. The monoisotopic (exact) mass is 512 g/mol. The van der Waals surface area contributed by atoms with E-state index in [1.54, 1.807) is 6.92 Å². The summed E-state index contributed by atoms with van der Waals surface area (Å²) in [7, 11) is -0.928. The molecule has 9 nitrogen and oxygen atoms in total. The van der Waals surface area contributed by atoms with Gasteiger partial charge in [-0.25, -0.2) is 4.98 Å². The molecule has 0 saturated carbocycles. The number of nitrogens with one attached hydrogen (secondary N) is 2. The Kier molecular flexibility index (Phi) is 10.3. The van der Waals surface area contributed by atoms with Crippen molar-refractivity contribution in [1.82, 2.24) is 20.6 Å². The molecular weight excluding hydrogens is 479 g/mol. The van der Waals surface area contributed by atoms with Crippen LogP contribution >= 0.6 is 11.8 Å². The van der Waals surface area contributed by atoms with Crippen molar-refractivity contribution in [3.8, 4) is 0 Å². The molecule has 1 aromatic heterocycles. The highest BCUT2D eigenvalue weighted by molar-refractivity contribution is 8.01. The van der Waals surface area contributed by atoms with Crippen molar-refractivity contribution in [3.05, 3.63) is 60.2 Å². The highest BCUT2D eigenvalue weighted by atomic mass is 32.2. The fraction of sp³-hybridized carbons (Fsp3) is 0.480. The number of nitrogens with zero attached hydrogens (tertiary/aromatic N) is 2. The average molecular weight is 512 g/mol. The van der Waals surface area contributed by atoms with Gasteiger partial charge in [-0.05, 0) is 24.8 Å². The average Bonchev–Trinajstić information content (AvgIpc) is 2.85. The second kappa shape index (κ2) is 13.4. The second-order valence-electron chi connectivity index (χ2n) is 9.28. The summed E-state index contributed by atoms with van der Waals surface area (Å²) < 4.78 is 11.6. The van der Waals surface area contributed by atoms with Crippen molar-refractivity contribution in [2.24, 2.45) is 5.92 Å². The number of benzene rings is 1. The Balaban J connectivity index is 1.81. The number of carbonyl (C=O) groups is 3. The van der Waals surface area contributed by atoms with Crippen LogP contribution in [0.15, 0.2) is 48.9 Å². The molecule has 0 unspecified atom stereocenters. The van der Waals surface area contributed by atoms with Crippen LogP contribution in [0.4, 0.5) is 0 Å². The van der Waals surface area contributed by atoms with Crippen molar-refractivity contribution >= 4 is 36.7 Å². The molecule has 1 aliphatic heterocycles. The zero-order chi connectivity index (χ0) is 26.1. The Bertz CT molecular complexity index is 1010. The predicted octanol–water partition coefficient (Wildman–Crippen LogP) is 2.46. The van der Waals surface area contributed by atoms with Gasteiger partial charge in [-0.1, -0.05) is 51.1 Å². The van der Waals surface area contributed by atoms with E-state index < -0.39 is 30.9 Å². The Morgan fingerprint density at radius 2 is 1.92 bits per heavy atom. The number of thioether (sulfide) groups is 1. The number of amides is 2. The molecular formula is C25H33BN4O5S. The van der Waals surface area contributed by atoms with Gasteiger partial charge in [-0.15, -0.1) is 11.8 Å². The van der Waals surface area contributed by atoms with Crippen molar-refractivity contribution < 1.29 is 23.7 Å². The van der Waals surface area contributed by atoms with Gasteiger partial charge in [0.05, 0.1) is 17.4 Å². The number of aromatic nitrogens is 2. The molecule has 0 radical (unpaired) electrons. The minimum absolute atomic E-state index is 0.0999. The van der Waals surface area contributed by atoms with E-state index in [0.717, 1.165) is 5.56 Å². The molecule has 1 aromatic carbocycles. The van der Waals surface area contributed by atoms with Gasteiger partial charge < -0.3 is 19.9 Å². The molecule has 1 saturated heterocycles. The lowest BCUT2D eigenvalue weighted by Gasteiger charge is -2.31. The van der Waals surface area contributed by atoms with Crippen LogP contribution in [-0.4, -0.2) is 64.0 Å². The lowest BCUT2D eigenvalue weighted by Crippen LogP contribution is -2.57. The first kappa shape index (κ1) is 27.7. The standard InChI is InChI=1S/C25H33BN4O5S/c1-16(2)12-22(26-34-15-17(3)36-18(4)25(33)35-26)30-23(31)20(13-19-8-6-5-7-9-19)29-24(32)21-14-27-10-11-28-21/h5-11,14,16-18,20,22H,12-13,15H2,1-4H3,(H,29,32)(H,30,31)/t17-,18+,20+,22+/m1/s1. The zero-order valence-electron chi connectivity index (χ0n) is 21.0. The smallest absolute Gasteiger partial charge is 0.507 e. The van der Waals surface area contributed by atoms with Gasteiger partial charge in [0, 0.05) is 30.7 Å². The van der Waals surface area contributed by atoms with Crippen LogP contribution in [0.2, 0.25) is 0 Å². The van der Waals surface area contributed by atoms with Gasteiger partial charge in [0.25, 0.3) is 5.91 Å². The second-order valence-corrected chi connectivity index (χ2v) is 11.1. The Hall–Kier alpha value is -2.92. The van der Waals surface area contributed by atoms with E-state index >= 15 is 0 Å². The summed E-state index contributed by atoms with van der Waals surface area (Å²) in [5, 5.41) is 5.54. The predicted molar refractivity (Wildman–Crippen MR) is 139 cm³/mol. The first-order chi connectivity index (χ1) is 17.2. The van der Waals surface area contributed by atoms with Gasteiger partial charge in [0.1, 0.15) is 11.7 Å². The molecule has 1 aliphatic rings. The topological polar surface area (TPSA) is 120 Å². The van der Waals surface area contributed by atoms with E-state index in [9.17, 15) is 14.4 Å². The highest BCUT2D eigenvalue weighted by Crippen LogP contribution is 2.23. The van der Waals surface area contributed by atoms with Gasteiger partial charge in [-0.2, -0.15) is 0 Å². The maximum absolute atomic E-state index is 13.6. The molecule has 0 aliphatic carbocycles. The molecule has 36 heavy (non-hydrogen) atoms. The maximum Gasteiger partial charge on any atom is 0.551 e. The van der Waals surface area contributed by atoms with Crippen molar-refractivity contribution in [2.45, 2.75) is 63.0 Å². The summed E-state index contributed by atoms with van der Waals surface area (Å²) in [5.41, 5.74) is 0.991. The SMILES string of the molecule is CC(C)C[C@H](NC(=O)[C@H](Cc1ccccc1)NC(=O)c1cnccn1)B1OC[C@@H](C)S[C@@H](C)C(=O)O1. The molecule has 1 fully saturated rings. The summed E-state index contributed by atoms with van der Waals surface area (Å²) in [5.74, 6) is -1.69. The Morgan fingerprint density at radius 3 is 2.58 bits per heavy atom. The van der Waals surface area contributed by atoms with Crippen LogP contribution in [0.25, 0.3) is 0 Å². The third-order valence-electron chi connectivity index (χ3n) is 5.58. The first-order valence-corrected chi connectivity index (χ1v) is 13.1. The zero-order valence-corrected chi connectivity index (χ0v) is 21.9. The molecule has 0 bridgehead atoms. The molecule has 2 heterocycles. The van der Waals surface area contributed by atoms with Crippen LogP contribution in [0.1, 0.15) is 50.2 Å². The lowest BCUT2D eigenvalue weighted by atomic mass is 9.73. The third-order valence-corrected chi connectivity index (χ3v) is 6.78. The minimum atomic E-state index is -0.928. The number of carbonyl (C=O) groups excluding carboxylic acids is 3. The third kappa shape index (κ3) is 8.34. The lowest BCUT2D eigenvalue weighted by molar-refractivity contribution is -0.136.